The van der Waals surface area contributed by atoms with E-state index in [0.29, 0.717) is 13.0 Å². The van der Waals surface area contributed by atoms with Crippen LogP contribution in [0, 0.1) is 0 Å². The molecular formula is C9H22NO4P. The van der Waals surface area contributed by atoms with Crippen molar-refractivity contribution in [1.82, 2.24) is 0 Å². The van der Waals surface area contributed by atoms with E-state index >= 15 is 0 Å². The average Bonchev–Trinajstić information content (AvgIpc) is 2.01. The predicted octanol–water partition coefficient (Wildman–Crippen LogP) is 0.299. The van der Waals surface area contributed by atoms with Gasteiger partial charge in [-0.25, -0.2) is 0 Å². The number of rotatable bonds is 8. The maximum Gasteiger partial charge on any atom is 0.135 e. The number of methoxy groups -OCH3 is 1. The predicted molar refractivity (Wildman–Crippen MR) is 57.8 cm³/mol. The van der Waals surface area contributed by atoms with Crippen LogP contribution in [0.15, 0.2) is 0 Å². The molecule has 0 bridgehead atoms. The zero-order valence-electron chi connectivity index (χ0n) is 10.1. The van der Waals surface area contributed by atoms with E-state index in [-0.39, 0.29) is 12.8 Å². The van der Waals surface area contributed by atoms with E-state index in [9.17, 15) is 9.46 Å². The molecule has 0 aliphatic heterocycles. The third-order valence-corrected chi connectivity index (χ3v) is 3.28. The highest BCUT2D eigenvalue weighted by Gasteiger charge is 2.12. The van der Waals surface area contributed by atoms with E-state index in [1.54, 1.807) is 0 Å². The first-order chi connectivity index (χ1) is 6.77. The minimum atomic E-state index is -3.65. The van der Waals surface area contributed by atoms with Gasteiger partial charge in [-0.2, -0.15) is 0 Å². The van der Waals surface area contributed by atoms with E-state index in [0.717, 1.165) is 11.0 Å². The Morgan fingerprint density at radius 2 is 1.87 bits per heavy atom. The second-order valence-corrected chi connectivity index (χ2v) is 6.46. The molecule has 0 fully saturated rings. The van der Waals surface area contributed by atoms with Crippen molar-refractivity contribution in [3.8, 4) is 0 Å². The Hall–Kier alpha value is 0.0700. The molecule has 0 spiro atoms. The Bertz CT molecular complexity index is 215. The Kier molecular flexibility index (Phi) is 6.64. The van der Waals surface area contributed by atoms with Crippen LogP contribution in [0.3, 0.4) is 0 Å². The molecule has 1 unspecified atom stereocenters. The molecule has 0 saturated heterocycles. The summed E-state index contributed by atoms with van der Waals surface area (Å²) in [5.74, 6) is 0. The molecule has 0 amide bonds. The lowest BCUT2D eigenvalue weighted by Gasteiger charge is -2.27. The molecule has 0 radical (unpaired) electrons. The van der Waals surface area contributed by atoms with Gasteiger partial charge in [0.05, 0.1) is 40.9 Å². The Labute approximate surface area is 92.1 Å². The SMILES string of the molecule is COCCOP(=O)([O-])CCC[N+](C)(C)C. The third kappa shape index (κ3) is 10.4. The molecule has 0 aromatic carbocycles. The van der Waals surface area contributed by atoms with E-state index in [4.69, 9.17) is 9.26 Å². The van der Waals surface area contributed by atoms with Crippen LogP contribution in [-0.4, -0.2) is 58.7 Å². The summed E-state index contributed by atoms with van der Waals surface area (Å²) >= 11 is 0. The fourth-order valence-electron chi connectivity index (χ4n) is 1.06. The molecule has 0 aromatic rings. The van der Waals surface area contributed by atoms with Crippen LogP contribution in [0.2, 0.25) is 0 Å². The average molecular weight is 239 g/mol. The van der Waals surface area contributed by atoms with Crippen molar-refractivity contribution in [2.45, 2.75) is 6.42 Å². The quantitative estimate of drug-likeness (QED) is 0.347. The first-order valence-electron chi connectivity index (χ1n) is 5.01. The highest BCUT2D eigenvalue weighted by molar-refractivity contribution is 7.51. The number of hydrogen-bond donors (Lipinski definition) is 0. The van der Waals surface area contributed by atoms with Gasteiger partial charge in [0, 0.05) is 19.7 Å². The van der Waals surface area contributed by atoms with Gasteiger partial charge in [0.2, 0.25) is 0 Å². The zero-order valence-corrected chi connectivity index (χ0v) is 11.0. The highest BCUT2D eigenvalue weighted by Crippen LogP contribution is 2.37. The molecule has 0 aromatic heterocycles. The maximum absolute atomic E-state index is 11.3. The van der Waals surface area contributed by atoms with Crippen LogP contribution < -0.4 is 4.89 Å². The van der Waals surface area contributed by atoms with Crippen LogP contribution in [0.4, 0.5) is 0 Å². The number of quaternary nitrogens is 1. The second-order valence-electron chi connectivity index (χ2n) is 4.53. The number of nitrogens with zero attached hydrogens (tertiary/aromatic N) is 1. The van der Waals surface area contributed by atoms with Gasteiger partial charge in [-0.1, -0.05) is 0 Å². The van der Waals surface area contributed by atoms with E-state index in [1.807, 2.05) is 21.1 Å². The lowest BCUT2D eigenvalue weighted by atomic mass is 10.4. The summed E-state index contributed by atoms with van der Waals surface area (Å²) in [6.45, 7) is 1.24. The standard InChI is InChI=1S/C9H22NO4P/c1-10(2,3)6-5-9-15(11,12)14-8-7-13-4/h5-9H2,1-4H3. The summed E-state index contributed by atoms with van der Waals surface area (Å²) in [5, 5.41) is 0. The molecule has 92 valence electrons. The van der Waals surface area contributed by atoms with E-state index in [2.05, 4.69) is 0 Å². The summed E-state index contributed by atoms with van der Waals surface area (Å²) in [4.78, 5) is 11.3. The molecule has 15 heavy (non-hydrogen) atoms. The zero-order chi connectivity index (χ0) is 11.9. The molecule has 1 atom stereocenters. The summed E-state index contributed by atoms with van der Waals surface area (Å²) in [7, 11) is 3.95. The lowest BCUT2D eigenvalue weighted by Crippen LogP contribution is -2.35. The van der Waals surface area contributed by atoms with Crippen molar-refractivity contribution in [2.24, 2.45) is 0 Å². The molecule has 0 heterocycles. The van der Waals surface area contributed by atoms with Crippen LogP contribution in [-0.2, 0) is 13.8 Å². The Morgan fingerprint density at radius 3 is 2.33 bits per heavy atom. The van der Waals surface area contributed by atoms with Crippen molar-refractivity contribution in [1.29, 1.82) is 0 Å². The van der Waals surface area contributed by atoms with Crippen molar-refractivity contribution < 1.29 is 23.2 Å². The van der Waals surface area contributed by atoms with Crippen molar-refractivity contribution in [3.05, 3.63) is 0 Å². The highest BCUT2D eigenvalue weighted by atomic mass is 31.2. The molecule has 0 N–H and O–H groups in total. The minimum absolute atomic E-state index is 0.103. The topological polar surface area (TPSA) is 58.6 Å². The third-order valence-electron chi connectivity index (χ3n) is 1.84. The normalized spacial score (nSPS) is 16.3. The van der Waals surface area contributed by atoms with Crippen LogP contribution in [0.5, 0.6) is 0 Å². The van der Waals surface area contributed by atoms with Gasteiger partial charge in [0.15, 0.2) is 0 Å². The Morgan fingerprint density at radius 1 is 1.27 bits per heavy atom. The van der Waals surface area contributed by atoms with Gasteiger partial charge in [-0.15, -0.1) is 0 Å². The Balaban J connectivity index is 3.69. The van der Waals surface area contributed by atoms with Gasteiger partial charge >= 0.3 is 0 Å². The lowest BCUT2D eigenvalue weighted by molar-refractivity contribution is -0.870. The van der Waals surface area contributed by atoms with Crippen molar-refractivity contribution >= 4 is 7.60 Å². The van der Waals surface area contributed by atoms with E-state index in [1.165, 1.54) is 7.11 Å². The first kappa shape index (κ1) is 15.1. The smallest absolute Gasteiger partial charge is 0.135 e. The molecule has 0 saturated carbocycles. The van der Waals surface area contributed by atoms with Gasteiger partial charge in [-0.05, 0) is 0 Å². The maximum atomic E-state index is 11.3. The second kappa shape index (κ2) is 6.61. The first-order valence-corrected chi connectivity index (χ1v) is 6.74. The molecular weight excluding hydrogens is 217 g/mol. The number of ether oxygens (including phenoxy) is 1. The number of hydrogen-bond acceptors (Lipinski definition) is 4. The molecule has 0 aliphatic carbocycles. The van der Waals surface area contributed by atoms with E-state index < -0.39 is 7.60 Å². The molecule has 0 rings (SSSR count). The molecule has 0 aliphatic rings. The van der Waals surface area contributed by atoms with Crippen LogP contribution in [0.25, 0.3) is 0 Å². The summed E-state index contributed by atoms with van der Waals surface area (Å²) in [6, 6.07) is 0. The van der Waals surface area contributed by atoms with Gasteiger partial charge in [-0.3, -0.25) is 0 Å². The van der Waals surface area contributed by atoms with Crippen LogP contribution in [0.1, 0.15) is 6.42 Å². The fourth-order valence-corrected chi connectivity index (χ4v) is 2.07. The summed E-state index contributed by atoms with van der Waals surface area (Å²) in [5.41, 5.74) is 0. The van der Waals surface area contributed by atoms with Crippen molar-refractivity contribution in [3.63, 3.8) is 0 Å². The van der Waals surface area contributed by atoms with Gasteiger partial charge in [0.25, 0.3) is 0 Å². The van der Waals surface area contributed by atoms with Gasteiger partial charge in [0.1, 0.15) is 7.60 Å². The van der Waals surface area contributed by atoms with Gasteiger partial charge < -0.3 is 23.2 Å². The van der Waals surface area contributed by atoms with Crippen molar-refractivity contribution in [2.75, 3.05) is 54.2 Å². The molecule has 5 nitrogen and oxygen atoms in total. The monoisotopic (exact) mass is 239 g/mol. The summed E-state index contributed by atoms with van der Waals surface area (Å²) < 4.78 is 21.6. The summed E-state index contributed by atoms with van der Waals surface area (Å²) in [6.07, 6.45) is 0.726. The minimum Gasteiger partial charge on any atom is -0.778 e. The largest absolute Gasteiger partial charge is 0.778 e. The fraction of sp³-hybridized carbons (Fsp3) is 1.00. The molecule has 6 heteroatoms. The van der Waals surface area contributed by atoms with Crippen LogP contribution >= 0.6 is 7.60 Å².